The molecule has 1 aliphatic heterocycles. The van der Waals surface area contributed by atoms with E-state index in [1.807, 2.05) is 12.1 Å². The third-order valence-corrected chi connectivity index (χ3v) is 4.09. The Morgan fingerprint density at radius 3 is 2.71 bits per heavy atom. The second-order valence-corrected chi connectivity index (χ2v) is 5.40. The van der Waals surface area contributed by atoms with Gasteiger partial charge in [-0.3, -0.25) is 0 Å². The number of amides is 1. The number of hydrogen-bond acceptors (Lipinski definition) is 1. The Kier molecular flexibility index (Phi) is 3.55. The molecule has 0 bridgehead atoms. The van der Waals surface area contributed by atoms with E-state index in [4.69, 9.17) is 16.7 Å². The van der Waals surface area contributed by atoms with Gasteiger partial charge in [0.1, 0.15) is 5.82 Å². The topological polar surface area (TPSA) is 40.5 Å². The van der Waals surface area contributed by atoms with E-state index in [0.717, 1.165) is 11.1 Å². The highest BCUT2D eigenvalue weighted by molar-refractivity contribution is 6.33. The first kappa shape index (κ1) is 13.9. The second-order valence-electron chi connectivity index (χ2n) is 4.99. The Balaban J connectivity index is 2.15. The minimum absolute atomic E-state index is 0.255. The lowest BCUT2D eigenvalue weighted by molar-refractivity contribution is 0.140. The van der Waals surface area contributed by atoms with E-state index < -0.39 is 11.9 Å². The molecule has 21 heavy (non-hydrogen) atoms. The van der Waals surface area contributed by atoms with Gasteiger partial charge in [0.2, 0.25) is 0 Å². The van der Waals surface area contributed by atoms with E-state index in [0.29, 0.717) is 29.1 Å². The number of carbonyl (C=O) groups is 1. The fraction of sp³-hybridized carbons (Fsp3) is 0.188. The van der Waals surface area contributed by atoms with Crippen molar-refractivity contribution in [3.8, 4) is 11.1 Å². The number of hydrogen-bond donors (Lipinski definition) is 1. The first-order valence-corrected chi connectivity index (χ1v) is 6.98. The monoisotopic (exact) mass is 305 g/mol. The van der Waals surface area contributed by atoms with Gasteiger partial charge in [0.05, 0.1) is 5.02 Å². The number of rotatable bonds is 1. The fourth-order valence-electron chi connectivity index (χ4n) is 2.73. The molecule has 1 amide bonds. The summed E-state index contributed by atoms with van der Waals surface area (Å²) in [5.74, 6) is -0.400. The maximum absolute atomic E-state index is 14.1. The largest absolute Gasteiger partial charge is 0.465 e. The predicted octanol–water partition coefficient (Wildman–Crippen LogP) is 4.18. The van der Waals surface area contributed by atoms with Crippen molar-refractivity contribution in [2.45, 2.75) is 13.0 Å². The molecule has 5 heteroatoms. The molecule has 3 rings (SSSR count). The molecule has 0 radical (unpaired) electrons. The first-order valence-electron chi connectivity index (χ1n) is 6.61. The van der Waals surface area contributed by atoms with Crippen LogP contribution in [0, 0.1) is 5.82 Å². The number of carboxylic acid groups (broad SMARTS) is 1. The molecule has 0 saturated heterocycles. The van der Waals surface area contributed by atoms with Crippen LogP contribution in [0.2, 0.25) is 5.02 Å². The molecule has 0 unspecified atom stereocenters. The smallest absolute Gasteiger partial charge is 0.407 e. The minimum Gasteiger partial charge on any atom is -0.465 e. The van der Waals surface area contributed by atoms with Crippen molar-refractivity contribution in [2.75, 3.05) is 6.54 Å². The minimum atomic E-state index is -0.963. The number of nitrogens with zero attached hydrogens (tertiary/aromatic N) is 1. The maximum atomic E-state index is 14.1. The maximum Gasteiger partial charge on any atom is 0.407 e. The third kappa shape index (κ3) is 2.47. The average molecular weight is 306 g/mol. The zero-order valence-electron chi connectivity index (χ0n) is 11.1. The van der Waals surface area contributed by atoms with Gasteiger partial charge in [-0.2, -0.15) is 0 Å². The van der Waals surface area contributed by atoms with Gasteiger partial charge < -0.3 is 10.0 Å². The molecule has 108 valence electrons. The lowest BCUT2D eigenvalue weighted by atomic mass is 9.91. The lowest BCUT2D eigenvalue weighted by Crippen LogP contribution is -2.35. The Hall–Kier alpha value is -2.07. The highest BCUT2D eigenvalue weighted by Crippen LogP contribution is 2.36. The summed E-state index contributed by atoms with van der Waals surface area (Å²) in [5, 5.41) is 9.49. The van der Waals surface area contributed by atoms with Crippen LogP contribution >= 0.6 is 11.6 Å². The molecule has 0 fully saturated rings. The molecule has 0 aliphatic carbocycles. The number of halogens is 2. The van der Waals surface area contributed by atoms with Gasteiger partial charge in [-0.1, -0.05) is 35.9 Å². The van der Waals surface area contributed by atoms with E-state index in [9.17, 15) is 9.18 Å². The van der Waals surface area contributed by atoms with Crippen LogP contribution in [0.5, 0.6) is 0 Å². The van der Waals surface area contributed by atoms with Crippen molar-refractivity contribution in [3.63, 3.8) is 0 Å². The average Bonchev–Trinajstić information content (AvgIpc) is 2.46. The molecule has 0 atom stereocenters. The van der Waals surface area contributed by atoms with E-state index in [2.05, 4.69) is 0 Å². The zero-order chi connectivity index (χ0) is 15.0. The number of fused-ring (bicyclic) bond motifs is 1. The molecular formula is C16H13ClFNO2. The summed E-state index contributed by atoms with van der Waals surface area (Å²) < 4.78 is 14.1. The van der Waals surface area contributed by atoms with Crippen molar-refractivity contribution < 1.29 is 14.3 Å². The zero-order valence-corrected chi connectivity index (χ0v) is 11.9. The molecule has 0 saturated carbocycles. The first-order chi connectivity index (χ1) is 10.1. The quantitative estimate of drug-likeness (QED) is 0.858. The van der Waals surface area contributed by atoms with E-state index >= 15 is 0 Å². The Bertz CT molecular complexity index is 697. The van der Waals surface area contributed by atoms with Crippen molar-refractivity contribution in [2.24, 2.45) is 0 Å². The number of benzene rings is 2. The molecule has 3 nitrogen and oxygen atoms in total. The van der Waals surface area contributed by atoms with Crippen LogP contribution in [0.25, 0.3) is 11.1 Å². The summed E-state index contributed by atoms with van der Waals surface area (Å²) in [4.78, 5) is 12.5. The highest BCUT2D eigenvalue weighted by atomic mass is 35.5. The van der Waals surface area contributed by atoms with Gasteiger partial charge in [-0.05, 0) is 35.2 Å². The van der Waals surface area contributed by atoms with Gasteiger partial charge in [-0.25, -0.2) is 9.18 Å². The van der Waals surface area contributed by atoms with Crippen LogP contribution in [0.1, 0.15) is 11.1 Å². The van der Waals surface area contributed by atoms with Gasteiger partial charge in [-0.15, -0.1) is 0 Å². The normalized spacial score (nSPS) is 13.9. The highest BCUT2D eigenvalue weighted by Gasteiger charge is 2.24. The van der Waals surface area contributed by atoms with Crippen LogP contribution in [0.3, 0.4) is 0 Å². The third-order valence-electron chi connectivity index (χ3n) is 3.78. The van der Waals surface area contributed by atoms with Crippen LogP contribution < -0.4 is 0 Å². The fourth-order valence-corrected chi connectivity index (χ4v) is 3.00. The molecule has 0 spiro atoms. The van der Waals surface area contributed by atoms with Gasteiger partial charge in [0.15, 0.2) is 0 Å². The van der Waals surface area contributed by atoms with E-state index in [1.165, 1.54) is 11.0 Å². The Morgan fingerprint density at radius 2 is 2.00 bits per heavy atom. The van der Waals surface area contributed by atoms with Crippen LogP contribution in [-0.4, -0.2) is 22.6 Å². The summed E-state index contributed by atoms with van der Waals surface area (Å²) in [7, 11) is 0. The molecular weight excluding hydrogens is 293 g/mol. The standard InChI is InChI=1S/C16H13ClFNO2/c17-13-5-2-6-14(18)15(13)11-4-1-3-10-7-8-19(16(20)21)9-12(10)11/h1-6H,7-9H2,(H,20,21). The molecule has 2 aromatic carbocycles. The Labute approximate surface area is 126 Å². The molecule has 2 aromatic rings. The summed E-state index contributed by atoms with van der Waals surface area (Å²) in [6.07, 6.45) is -0.336. The van der Waals surface area contributed by atoms with Gasteiger partial charge >= 0.3 is 6.09 Å². The van der Waals surface area contributed by atoms with Crippen molar-refractivity contribution in [1.29, 1.82) is 0 Å². The van der Waals surface area contributed by atoms with Gasteiger partial charge in [0.25, 0.3) is 0 Å². The molecule has 1 aliphatic rings. The summed E-state index contributed by atoms with van der Waals surface area (Å²) in [6.45, 7) is 0.711. The SMILES string of the molecule is O=C(O)N1CCc2cccc(-c3c(F)cccc3Cl)c2C1. The summed E-state index contributed by atoms with van der Waals surface area (Å²) >= 11 is 6.14. The molecule has 0 aromatic heterocycles. The Morgan fingerprint density at radius 1 is 1.24 bits per heavy atom. The molecule has 1 heterocycles. The van der Waals surface area contributed by atoms with E-state index in [1.54, 1.807) is 18.2 Å². The van der Waals surface area contributed by atoms with Crippen LogP contribution in [-0.2, 0) is 13.0 Å². The summed E-state index contributed by atoms with van der Waals surface area (Å²) in [6, 6.07) is 10.1. The van der Waals surface area contributed by atoms with Crippen LogP contribution in [0.4, 0.5) is 9.18 Å². The predicted molar refractivity (Wildman–Crippen MR) is 79.0 cm³/mol. The van der Waals surface area contributed by atoms with Gasteiger partial charge in [0, 0.05) is 18.7 Å². The van der Waals surface area contributed by atoms with Crippen molar-refractivity contribution in [1.82, 2.24) is 4.90 Å². The lowest BCUT2D eigenvalue weighted by Gasteiger charge is -2.28. The van der Waals surface area contributed by atoms with Crippen LogP contribution in [0.15, 0.2) is 36.4 Å². The van der Waals surface area contributed by atoms with Crippen molar-refractivity contribution >= 4 is 17.7 Å². The van der Waals surface area contributed by atoms with E-state index in [-0.39, 0.29) is 6.54 Å². The summed E-state index contributed by atoms with van der Waals surface area (Å²) in [5.41, 5.74) is 2.88. The second kappa shape index (κ2) is 5.37. The van der Waals surface area contributed by atoms with Crippen molar-refractivity contribution in [3.05, 3.63) is 58.4 Å². The molecule has 1 N–H and O–H groups in total.